The van der Waals surface area contributed by atoms with Gasteiger partial charge in [0.05, 0.1) is 10.6 Å². The van der Waals surface area contributed by atoms with E-state index < -0.39 is 17.5 Å². The number of rotatable bonds is 3. The number of aliphatic carboxylic acids is 1. The number of hydrogen-bond donors (Lipinski definition) is 4. The number of aromatic hydroxyl groups is 3. The Labute approximate surface area is 135 Å². The molecule has 0 saturated heterocycles. The third-order valence-electron chi connectivity index (χ3n) is 2.91. The van der Waals surface area contributed by atoms with Crippen LogP contribution in [0.1, 0.15) is 11.1 Å². The van der Waals surface area contributed by atoms with E-state index in [2.05, 4.69) is 0 Å². The Bertz CT molecular complexity index is 766. The fourth-order valence-electron chi connectivity index (χ4n) is 1.79. The fraction of sp³-hybridized carbons (Fsp3) is 0. The molecule has 22 heavy (non-hydrogen) atoms. The van der Waals surface area contributed by atoms with Gasteiger partial charge in [-0.15, -0.1) is 0 Å². The lowest BCUT2D eigenvalue weighted by Crippen LogP contribution is -1.99. The second-order valence-corrected chi connectivity index (χ2v) is 5.15. The first-order valence-corrected chi connectivity index (χ1v) is 6.71. The lowest BCUT2D eigenvalue weighted by Gasteiger charge is -2.08. The SMILES string of the molecule is O=C(O)/C(=C\c1cc(Cl)c(O)c(Cl)c1O)c1ccc(O)cc1. The smallest absolute Gasteiger partial charge is 0.336 e. The summed E-state index contributed by atoms with van der Waals surface area (Å²) >= 11 is 11.5. The predicted octanol–water partition coefficient (Wildman–Crippen LogP) is 3.74. The molecular formula is C15H10Cl2O5. The van der Waals surface area contributed by atoms with Gasteiger partial charge in [-0.05, 0) is 29.8 Å². The molecule has 0 heterocycles. The van der Waals surface area contributed by atoms with Crippen molar-refractivity contribution in [3.63, 3.8) is 0 Å². The highest BCUT2D eigenvalue weighted by atomic mass is 35.5. The van der Waals surface area contributed by atoms with Gasteiger partial charge in [0.15, 0.2) is 5.75 Å². The number of benzene rings is 2. The first kappa shape index (κ1) is 16.0. The highest BCUT2D eigenvalue weighted by Gasteiger charge is 2.17. The summed E-state index contributed by atoms with van der Waals surface area (Å²) in [5.41, 5.74) is 0.205. The van der Waals surface area contributed by atoms with Crippen molar-refractivity contribution in [2.45, 2.75) is 0 Å². The van der Waals surface area contributed by atoms with Crippen LogP contribution in [0.5, 0.6) is 17.2 Å². The van der Waals surface area contributed by atoms with Gasteiger partial charge >= 0.3 is 5.97 Å². The number of hydrogen-bond acceptors (Lipinski definition) is 4. The van der Waals surface area contributed by atoms with Crippen molar-refractivity contribution in [1.29, 1.82) is 0 Å². The first-order chi connectivity index (χ1) is 10.3. The lowest BCUT2D eigenvalue weighted by atomic mass is 10.0. The highest BCUT2D eigenvalue weighted by Crippen LogP contribution is 2.42. The highest BCUT2D eigenvalue weighted by molar-refractivity contribution is 6.38. The summed E-state index contributed by atoms with van der Waals surface area (Å²) in [6.07, 6.45) is 1.17. The molecular weight excluding hydrogens is 331 g/mol. The molecule has 2 rings (SSSR count). The minimum Gasteiger partial charge on any atom is -0.508 e. The number of halogens is 2. The van der Waals surface area contributed by atoms with Crippen LogP contribution in [0.25, 0.3) is 11.6 Å². The Morgan fingerprint density at radius 3 is 2.14 bits per heavy atom. The van der Waals surface area contributed by atoms with Gasteiger partial charge in [-0.2, -0.15) is 0 Å². The van der Waals surface area contributed by atoms with Crippen molar-refractivity contribution in [3.8, 4) is 17.2 Å². The van der Waals surface area contributed by atoms with Crippen LogP contribution in [-0.2, 0) is 4.79 Å². The van der Waals surface area contributed by atoms with Crippen LogP contribution in [-0.4, -0.2) is 26.4 Å². The van der Waals surface area contributed by atoms with Gasteiger partial charge in [0.25, 0.3) is 0 Å². The molecule has 2 aromatic carbocycles. The van der Waals surface area contributed by atoms with Gasteiger partial charge in [0.1, 0.15) is 16.5 Å². The molecule has 0 atom stereocenters. The zero-order valence-corrected chi connectivity index (χ0v) is 12.4. The Morgan fingerprint density at radius 2 is 1.59 bits per heavy atom. The van der Waals surface area contributed by atoms with Crippen molar-refractivity contribution in [2.75, 3.05) is 0 Å². The minimum atomic E-state index is -1.24. The molecule has 0 bridgehead atoms. The number of phenolic OH excluding ortho intramolecular Hbond substituents is 3. The first-order valence-electron chi connectivity index (χ1n) is 5.95. The number of carbonyl (C=O) groups is 1. The van der Waals surface area contributed by atoms with Gasteiger partial charge < -0.3 is 20.4 Å². The van der Waals surface area contributed by atoms with E-state index in [-0.39, 0.29) is 26.9 Å². The van der Waals surface area contributed by atoms with E-state index in [0.29, 0.717) is 5.56 Å². The topological polar surface area (TPSA) is 98.0 Å². The molecule has 0 aromatic heterocycles. The van der Waals surface area contributed by atoms with Crippen molar-refractivity contribution in [3.05, 3.63) is 51.5 Å². The molecule has 0 radical (unpaired) electrons. The van der Waals surface area contributed by atoms with Crippen LogP contribution < -0.4 is 0 Å². The summed E-state index contributed by atoms with van der Waals surface area (Å²) < 4.78 is 0. The van der Waals surface area contributed by atoms with Gasteiger partial charge in [-0.3, -0.25) is 0 Å². The third kappa shape index (κ3) is 3.10. The van der Waals surface area contributed by atoms with E-state index in [1.807, 2.05) is 0 Å². The summed E-state index contributed by atoms with van der Waals surface area (Å²) in [5.74, 6) is -2.22. The molecule has 5 nitrogen and oxygen atoms in total. The second-order valence-electron chi connectivity index (χ2n) is 4.37. The molecule has 0 aliphatic heterocycles. The van der Waals surface area contributed by atoms with Crippen LogP contribution in [0.2, 0.25) is 10.0 Å². The second kappa shape index (κ2) is 6.17. The molecule has 114 valence electrons. The zero-order chi connectivity index (χ0) is 16.4. The minimum absolute atomic E-state index is 0.00735. The van der Waals surface area contributed by atoms with Gasteiger partial charge in [-0.1, -0.05) is 35.3 Å². The van der Waals surface area contributed by atoms with Crippen LogP contribution in [0.3, 0.4) is 0 Å². The summed E-state index contributed by atoms with van der Waals surface area (Å²) in [7, 11) is 0. The predicted molar refractivity (Wildman–Crippen MR) is 83.4 cm³/mol. The largest absolute Gasteiger partial charge is 0.508 e. The Morgan fingerprint density at radius 1 is 1.00 bits per heavy atom. The number of carboxylic acids is 1. The van der Waals surface area contributed by atoms with Gasteiger partial charge in [0.2, 0.25) is 0 Å². The average molecular weight is 341 g/mol. The Balaban J connectivity index is 2.61. The van der Waals surface area contributed by atoms with Crippen molar-refractivity contribution < 1.29 is 25.2 Å². The zero-order valence-electron chi connectivity index (χ0n) is 10.9. The molecule has 0 saturated carbocycles. The maximum absolute atomic E-state index is 11.4. The molecule has 2 aromatic rings. The van der Waals surface area contributed by atoms with Crippen molar-refractivity contribution in [1.82, 2.24) is 0 Å². The Kier molecular flexibility index (Phi) is 4.49. The van der Waals surface area contributed by atoms with Gasteiger partial charge in [0, 0.05) is 5.56 Å². The van der Waals surface area contributed by atoms with Crippen LogP contribution >= 0.6 is 23.2 Å². The monoisotopic (exact) mass is 340 g/mol. The normalized spacial score (nSPS) is 11.5. The summed E-state index contributed by atoms with van der Waals surface area (Å²) in [6.45, 7) is 0. The van der Waals surface area contributed by atoms with E-state index in [1.165, 1.54) is 36.4 Å². The fourth-order valence-corrected chi connectivity index (χ4v) is 2.26. The molecule has 4 N–H and O–H groups in total. The molecule has 0 aliphatic carbocycles. The molecule has 0 unspecified atom stereocenters. The lowest BCUT2D eigenvalue weighted by molar-refractivity contribution is -0.130. The van der Waals surface area contributed by atoms with Crippen molar-refractivity contribution >= 4 is 40.8 Å². The molecule has 0 amide bonds. The van der Waals surface area contributed by atoms with E-state index in [1.54, 1.807) is 0 Å². The number of phenols is 3. The molecule has 7 heteroatoms. The van der Waals surface area contributed by atoms with Gasteiger partial charge in [-0.25, -0.2) is 4.79 Å². The van der Waals surface area contributed by atoms with Crippen LogP contribution in [0.4, 0.5) is 0 Å². The van der Waals surface area contributed by atoms with E-state index in [0.717, 1.165) is 0 Å². The summed E-state index contributed by atoms with van der Waals surface area (Å²) in [6, 6.07) is 6.69. The average Bonchev–Trinajstić information content (AvgIpc) is 2.48. The molecule has 0 spiro atoms. The Hall–Kier alpha value is -2.37. The maximum atomic E-state index is 11.4. The van der Waals surface area contributed by atoms with Crippen molar-refractivity contribution in [2.24, 2.45) is 0 Å². The third-order valence-corrected chi connectivity index (χ3v) is 3.55. The summed E-state index contributed by atoms with van der Waals surface area (Å²) in [5, 5.41) is 37.5. The quantitative estimate of drug-likeness (QED) is 0.504. The van der Waals surface area contributed by atoms with E-state index in [9.17, 15) is 25.2 Å². The standard InChI is InChI=1S/C15H10Cl2O5/c16-11-6-8(13(19)12(17)14(11)20)5-10(15(21)22)7-1-3-9(18)4-2-7/h1-6,18-20H,(H,21,22)/b10-5-. The number of carboxylic acid groups (broad SMARTS) is 1. The maximum Gasteiger partial charge on any atom is 0.336 e. The molecule has 0 aliphatic rings. The van der Waals surface area contributed by atoms with Crippen LogP contribution in [0.15, 0.2) is 30.3 Å². The molecule has 0 fully saturated rings. The summed E-state index contributed by atoms with van der Waals surface area (Å²) in [4.78, 5) is 11.4. The van der Waals surface area contributed by atoms with Crippen LogP contribution in [0, 0.1) is 0 Å². The van der Waals surface area contributed by atoms with E-state index >= 15 is 0 Å². The van der Waals surface area contributed by atoms with E-state index in [4.69, 9.17) is 23.2 Å².